The van der Waals surface area contributed by atoms with E-state index >= 15 is 0 Å². The van der Waals surface area contributed by atoms with Gasteiger partial charge in [-0.1, -0.05) is 29.8 Å². The van der Waals surface area contributed by atoms with E-state index in [1.54, 1.807) is 0 Å². The second-order valence-corrected chi connectivity index (χ2v) is 5.67. The van der Waals surface area contributed by atoms with E-state index in [1.807, 2.05) is 36.9 Å². The van der Waals surface area contributed by atoms with Crippen LogP contribution in [-0.4, -0.2) is 22.4 Å². The van der Waals surface area contributed by atoms with Crippen molar-refractivity contribution >= 4 is 11.6 Å². The molecule has 0 radical (unpaired) electrons. The molecule has 1 aromatic heterocycles. The fourth-order valence-electron chi connectivity index (χ4n) is 2.81. The van der Waals surface area contributed by atoms with Crippen molar-refractivity contribution in [2.45, 2.75) is 25.3 Å². The number of halogens is 1. The third kappa shape index (κ3) is 2.19. The zero-order valence-electron chi connectivity index (χ0n) is 11.6. The van der Waals surface area contributed by atoms with Crippen molar-refractivity contribution < 1.29 is 4.74 Å². The van der Waals surface area contributed by atoms with Crippen LogP contribution in [0.2, 0.25) is 5.02 Å². The number of nitrogens with two attached hydrogens (primary N) is 1. The summed E-state index contributed by atoms with van der Waals surface area (Å²) in [6, 6.07) is 8.04. The predicted molar refractivity (Wildman–Crippen MR) is 79.3 cm³/mol. The van der Waals surface area contributed by atoms with Gasteiger partial charge in [-0.3, -0.25) is 4.68 Å². The van der Waals surface area contributed by atoms with Crippen LogP contribution in [0.3, 0.4) is 0 Å². The molecule has 1 aliphatic rings. The largest absolute Gasteiger partial charge is 0.493 e. The molecule has 0 aliphatic carbocycles. The number of hydrogen-bond donors (Lipinski definition) is 1. The average molecular weight is 292 g/mol. The molecule has 0 spiro atoms. The smallest absolute Gasteiger partial charge is 0.122 e. The topological polar surface area (TPSA) is 53.1 Å². The molecule has 1 aromatic carbocycles. The van der Waals surface area contributed by atoms with Gasteiger partial charge in [0.1, 0.15) is 5.75 Å². The number of ether oxygens (including phenoxy) is 1. The Morgan fingerprint density at radius 3 is 2.95 bits per heavy atom. The van der Waals surface area contributed by atoms with Crippen LogP contribution in [0, 0.1) is 6.92 Å². The van der Waals surface area contributed by atoms with E-state index in [-0.39, 0.29) is 12.0 Å². The molecule has 0 bridgehead atoms. The number of hydrogen-bond acceptors (Lipinski definition) is 3. The second-order valence-electron chi connectivity index (χ2n) is 5.29. The molecule has 0 amide bonds. The Hall–Kier alpha value is -1.52. The van der Waals surface area contributed by atoms with Crippen molar-refractivity contribution in [1.29, 1.82) is 0 Å². The summed E-state index contributed by atoms with van der Waals surface area (Å²) in [4.78, 5) is 0. The first-order valence-corrected chi connectivity index (χ1v) is 7.11. The van der Waals surface area contributed by atoms with Gasteiger partial charge in [-0.15, -0.1) is 0 Å². The number of aryl methyl sites for hydroxylation is 2. The first-order chi connectivity index (χ1) is 9.58. The molecule has 2 unspecified atom stereocenters. The molecule has 106 valence electrons. The van der Waals surface area contributed by atoms with Crippen molar-refractivity contribution in [3.63, 3.8) is 0 Å². The lowest BCUT2D eigenvalue weighted by Gasteiger charge is -2.18. The molecular weight excluding hydrogens is 274 g/mol. The molecule has 0 saturated heterocycles. The molecule has 1 aliphatic heterocycles. The lowest BCUT2D eigenvalue weighted by atomic mass is 9.91. The SMILES string of the molecule is Cc1nn(C)c(CC(N)C2COc3ccccc32)c1Cl. The van der Waals surface area contributed by atoms with Gasteiger partial charge in [-0.05, 0) is 13.0 Å². The van der Waals surface area contributed by atoms with Gasteiger partial charge < -0.3 is 10.5 Å². The van der Waals surface area contributed by atoms with E-state index in [2.05, 4.69) is 11.2 Å². The van der Waals surface area contributed by atoms with Crippen LogP contribution in [0.5, 0.6) is 5.75 Å². The summed E-state index contributed by atoms with van der Waals surface area (Å²) >= 11 is 6.29. The summed E-state index contributed by atoms with van der Waals surface area (Å²) in [7, 11) is 1.90. The minimum Gasteiger partial charge on any atom is -0.493 e. The van der Waals surface area contributed by atoms with Gasteiger partial charge in [0.15, 0.2) is 0 Å². The van der Waals surface area contributed by atoms with Crippen molar-refractivity contribution in [3.05, 3.63) is 46.2 Å². The Bertz CT molecular complexity index is 638. The van der Waals surface area contributed by atoms with Gasteiger partial charge in [0.25, 0.3) is 0 Å². The maximum Gasteiger partial charge on any atom is 0.122 e. The second kappa shape index (κ2) is 5.11. The molecule has 0 saturated carbocycles. The van der Waals surface area contributed by atoms with Crippen molar-refractivity contribution in [2.75, 3.05) is 6.61 Å². The summed E-state index contributed by atoms with van der Waals surface area (Å²) in [6.45, 7) is 2.54. The Balaban J connectivity index is 1.83. The van der Waals surface area contributed by atoms with E-state index in [0.29, 0.717) is 13.0 Å². The normalized spacial score (nSPS) is 18.7. The Kier molecular flexibility index (Phi) is 3.44. The molecule has 0 fully saturated rings. The van der Waals surface area contributed by atoms with Crippen LogP contribution in [0.4, 0.5) is 0 Å². The van der Waals surface area contributed by atoms with E-state index in [4.69, 9.17) is 22.1 Å². The maximum atomic E-state index is 6.39. The minimum atomic E-state index is -0.0362. The highest BCUT2D eigenvalue weighted by atomic mass is 35.5. The first kappa shape index (κ1) is 13.5. The molecule has 4 nitrogen and oxygen atoms in total. The standard InChI is InChI=1S/C15H18ClN3O/c1-9-15(16)13(19(2)18-9)7-12(17)11-8-20-14-6-4-3-5-10(11)14/h3-6,11-12H,7-8,17H2,1-2H3. The van der Waals surface area contributed by atoms with Crippen LogP contribution in [-0.2, 0) is 13.5 Å². The van der Waals surface area contributed by atoms with Gasteiger partial charge in [0.2, 0.25) is 0 Å². The van der Waals surface area contributed by atoms with Gasteiger partial charge in [0, 0.05) is 31.0 Å². The molecule has 2 atom stereocenters. The number of fused-ring (bicyclic) bond motifs is 1. The zero-order chi connectivity index (χ0) is 14.3. The Labute approximate surface area is 123 Å². The van der Waals surface area contributed by atoms with Crippen LogP contribution in [0.25, 0.3) is 0 Å². The number of aromatic nitrogens is 2. The predicted octanol–water partition coefficient (Wildman–Crippen LogP) is 2.43. The van der Waals surface area contributed by atoms with Gasteiger partial charge in [-0.25, -0.2) is 0 Å². The van der Waals surface area contributed by atoms with E-state index < -0.39 is 0 Å². The summed E-state index contributed by atoms with van der Waals surface area (Å²) in [5.41, 5.74) is 9.42. The lowest BCUT2D eigenvalue weighted by Crippen LogP contribution is -2.32. The summed E-state index contributed by atoms with van der Waals surface area (Å²) in [5.74, 6) is 1.15. The van der Waals surface area contributed by atoms with Gasteiger partial charge in [0.05, 0.1) is 23.0 Å². The van der Waals surface area contributed by atoms with E-state index in [1.165, 1.54) is 5.56 Å². The van der Waals surface area contributed by atoms with Crippen LogP contribution < -0.4 is 10.5 Å². The maximum absolute atomic E-state index is 6.39. The monoisotopic (exact) mass is 291 g/mol. The minimum absolute atomic E-state index is 0.0362. The number of para-hydroxylation sites is 1. The van der Waals surface area contributed by atoms with E-state index in [0.717, 1.165) is 22.2 Å². The molecule has 2 N–H and O–H groups in total. The Morgan fingerprint density at radius 2 is 2.25 bits per heavy atom. The Morgan fingerprint density at radius 1 is 1.50 bits per heavy atom. The molecule has 3 rings (SSSR count). The van der Waals surface area contributed by atoms with Crippen LogP contribution in [0.1, 0.15) is 22.9 Å². The number of nitrogens with zero attached hydrogens (tertiary/aromatic N) is 2. The average Bonchev–Trinajstić information content (AvgIpc) is 2.96. The van der Waals surface area contributed by atoms with Crippen molar-refractivity contribution in [3.8, 4) is 5.75 Å². The third-order valence-electron chi connectivity index (χ3n) is 3.94. The highest BCUT2D eigenvalue weighted by Gasteiger charge is 2.30. The molecule has 2 aromatic rings. The zero-order valence-corrected chi connectivity index (χ0v) is 12.4. The fourth-order valence-corrected chi connectivity index (χ4v) is 3.05. The number of benzene rings is 1. The highest BCUT2D eigenvalue weighted by Crippen LogP contribution is 2.36. The molecular formula is C15H18ClN3O. The van der Waals surface area contributed by atoms with Crippen LogP contribution >= 0.6 is 11.6 Å². The number of rotatable bonds is 3. The fraction of sp³-hybridized carbons (Fsp3) is 0.400. The molecule has 20 heavy (non-hydrogen) atoms. The van der Waals surface area contributed by atoms with Crippen molar-refractivity contribution in [2.24, 2.45) is 12.8 Å². The van der Waals surface area contributed by atoms with E-state index in [9.17, 15) is 0 Å². The van der Waals surface area contributed by atoms with Gasteiger partial charge >= 0.3 is 0 Å². The third-order valence-corrected chi connectivity index (χ3v) is 4.44. The molecule has 5 heteroatoms. The summed E-state index contributed by atoms with van der Waals surface area (Å²) in [6.07, 6.45) is 0.693. The summed E-state index contributed by atoms with van der Waals surface area (Å²) in [5, 5.41) is 5.05. The summed E-state index contributed by atoms with van der Waals surface area (Å²) < 4.78 is 7.52. The van der Waals surface area contributed by atoms with Gasteiger partial charge in [-0.2, -0.15) is 5.10 Å². The quantitative estimate of drug-likeness (QED) is 0.945. The first-order valence-electron chi connectivity index (χ1n) is 6.73. The van der Waals surface area contributed by atoms with Crippen molar-refractivity contribution in [1.82, 2.24) is 9.78 Å². The van der Waals surface area contributed by atoms with Crippen LogP contribution in [0.15, 0.2) is 24.3 Å². The molecule has 2 heterocycles. The highest BCUT2D eigenvalue weighted by molar-refractivity contribution is 6.31. The lowest BCUT2D eigenvalue weighted by molar-refractivity contribution is 0.312.